The molecule has 0 aliphatic carbocycles. The SMILES string of the molecule is CN1CCCC(CCN(C)C(=O)C(O)CN)C1. The number of aliphatic hydroxyl groups excluding tert-OH is 1. The van der Waals surface area contributed by atoms with Crippen molar-refractivity contribution in [1.29, 1.82) is 0 Å². The number of likely N-dealkylation sites (tertiary alicyclic amines) is 1. The van der Waals surface area contributed by atoms with Gasteiger partial charge in [-0.1, -0.05) is 0 Å². The molecule has 2 unspecified atom stereocenters. The van der Waals surface area contributed by atoms with E-state index in [0.717, 1.165) is 13.0 Å². The Morgan fingerprint density at radius 1 is 1.65 bits per heavy atom. The summed E-state index contributed by atoms with van der Waals surface area (Å²) in [6.45, 7) is 2.99. The third kappa shape index (κ3) is 4.61. The summed E-state index contributed by atoms with van der Waals surface area (Å²) < 4.78 is 0. The van der Waals surface area contributed by atoms with E-state index in [1.54, 1.807) is 11.9 Å². The standard InChI is InChI=1S/C12H25N3O2/c1-14-6-3-4-10(9-14)5-7-15(2)12(17)11(16)8-13/h10-11,16H,3-9,13H2,1-2H3. The van der Waals surface area contributed by atoms with Gasteiger partial charge >= 0.3 is 0 Å². The number of amides is 1. The molecule has 1 rings (SSSR count). The molecular formula is C12H25N3O2. The molecule has 0 bridgehead atoms. The molecule has 100 valence electrons. The van der Waals surface area contributed by atoms with Crippen LogP contribution >= 0.6 is 0 Å². The van der Waals surface area contributed by atoms with E-state index < -0.39 is 6.10 Å². The van der Waals surface area contributed by atoms with Crippen LogP contribution in [-0.4, -0.2) is 67.2 Å². The molecular weight excluding hydrogens is 218 g/mol. The molecule has 0 aromatic rings. The molecule has 1 fully saturated rings. The average Bonchev–Trinajstić information content (AvgIpc) is 2.34. The van der Waals surface area contributed by atoms with E-state index >= 15 is 0 Å². The summed E-state index contributed by atoms with van der Waals surface area (Å²) in [7, 11) is 3.87. The lowest BCUT2D eigenvalue weighted by molar-refractivity contribution is -0.138. The number of nitrogens with zero attached hydrogens (tertiary/aromatic N) is 2. The summed E-state index contributed by atoms with van der Waals surface area (Å²) in [5.74, 6) is 0.399. The Kier molecular flexibility index (Phi) is 5.88. The summed E-state index contributed by atoms with van der Waals surface area (Å²) in [6.07, 6.45) is 2.44. The average molecular weight is 243 g/mol. The molecule has 0 aromatic heterocycles. The zero-order valence-electron chi connectivity index (χ0n) is 10.9. The van der Waals surface area contributed by atoms with Crippen LogP contribution in [0.4, 0.5) is 0 Å². The molecule has 1 saturated heterocycles. The topological polar surface area (TPSA) is 69.8 Å². The smallest absolute Gasteiger partial charge is 0.252 e. The third-order valence-corrected chi connectivity index (χ3v) is 3.48. The van der Waals surface area contributed by atoms with Crippen LogP contribution in [0.15, 0.2) is 0 Å². The maximum Gasteiger partial charge on any atom is 0.252 e. The maximum atomic E-state index is 11.6. The summed E-state index contributed by atoms with van der Waals surface area (Å²) >= 11 is 0. The minimum atomic E-state index is -1.05. The first-order valence-corrected chi connectivity index (χ1v) is 6.36. The second-order valence-electron chi connectivity index (χ2n) is 5.07. The lowest BCUT2D eigenvalue weighted by Crippen LogP contribution is -2.42. The Hall–Kier alpha value is -0.650. The number of rotatable bonds is 5. The van der Waals surface area contributed by atoms with Crippen LogP contribution < -0.4 is 5.73 Å². The molecule has 1 heterocycles. The maximum absolute atomic E-state index is 11.6. The number of nitrogens with two attached hydrogens (primary N) is 1. The van der Waals surface area contributed by atoms with Crippen LogP contribution in [0.2, 0.25) is 0 Å². The Morgan fingerprint density at radius 3 is 2.94 bits per heavy atom. The Bertz CT molecular complexity index is 248. The van der Waals surface area contributed by atoms with Gasteiger partial charge < -0.3 is 20.6 Å². The first kappa shape index (κ1) is 14.4. The molecule has 1 amide bonds. The van der Waals surface area contributed by atoms with Crippen LogP contribution in [-0.2, 0) is 4.79 Å². The zero-order valence-corrected chi connectivity index (χ0v) is 10.9. The van der Waals surface area contributed by atoms with Gasteiger partial charge in [0.15, 0.2) is 0 Å². The monoisotopic (exact) mass is 243 g/mol. The van der Waals surface area contributed by atoms with Crippen molar-refractivity contribution in [2.75, 3.05) is 40.3 Å². The van der Waals surface area contributed by atoms with Gasteiger partial charge in [-0.15, -0.1) is 0 Å². The minimum Gasteiger partial charge on any atom is -0.382 e. The van der Waals surface area contributed by atoms with Gasteiger partial charge in [0.2, 0.25) is 0 Å². The highest BCUT2D eigenvalue weighted by Gasteiger charge is 2.21. The van der Waals surface area contributed by atoms with Crippen molar-refractivity contribution in [2.45, 2.75) is 25.4 Å². The fourth-order valence-electron chi connectivity index (χ4n) is 2.35. The first-order chi connectivity index (χ1) is 8.04. The van der Waals surface area contributed by atoms with Gasteiger partial charge in [0.05, 0.1) is 0 Å². The number of hydrogen-bond acceptors (Lipinski definition) is 4. The van der Waals surface area contributed by atoms with Gasteiger partial charge in [-0.05, 0) is 38.8 Å². The number of carbonyl (C=O) groups excluding carboxylic acids is 1. The first-order valence-electron chi connectivity index (χ1n) is 6.36. The number of hydrogen-bond donors (Lipinski definition) is 2. The lowest BCUT2D eigenvalue weighted by atomic mass is 9.95. The number of likely N-dealkylation sites (N-methyl/N-ethyl adjacent to an activating group) is 1. The molecule has 2 atom stereocenters. The zero-order chi connectivity index (χ0) is 12.8. The largest absolute Gasteiger partial charge is 0.382 e. The van der Waals surface area contributed by atoms with E-state index in [1.165, 1.54) is 19.4 Å². The highest BCUT2D eigenvalue weighted by Crippen LogP contribution is 2.18. The van der Waals surface area contributed by atoms with Crippen molar-refractivity contribution in [3.05, 3.63) is 0 Å². The van der Waals surface area contributed by atoms with E-state index in [1.807, 2.05) is 0 Å². The van der Waals surface area contributed by atoms with Crippen LogP contribution in [0.1, 0.15) is 19.3 Å². The van der Waals surface area contributed by atoms with Crippen LogP contribution in [0.3, 0.4) is 0 Å². The van der Waals surface area contributed by atoms with Crippen molar-refractivity contribution in [3.8, 4) is 0 Å². The molecule has 0 aromatic carbocycles. The van der Waals surface area contributed by atoms with Crippen LogP contribution in [0.25, 0.3) is 0 Å². The third-order valence-electron chi connectivity index (χ3n) is 3.48. The summed E-state index contributed by atoms with van der Waals surface area (Å²) in [5.41, 5.74) is 5.26. The van der Waals surface area contributed by atoms with Gasteiger partial charge in [-0.2, -0.15) is 0 Å². The highest BCUT2D eigenvalue weighted by atomic mass is 16.3. The summed E-state index contributed by atoms with van der Waals surface area (Å²) in [6, 6.07) is 0. The molecule has 17 heavy (non-hydrogen) atoms. The normalized spacial score (nSPS) is 23.4. The van der Waals surface area contributed by atoms with Crippen molar-refractivity contribution in [2.24, 2.45) is 11.7 Å². The predicted octanol–water partition coefficient (Wildman–Crippen LogP) is -0.504. The van der Waals surface area contributed by atoms with Crippen molar-refractivity contribution < 1.29 is 9.90 Å². The molecule has 0 radical (unpaired) electrons. The van der Waals surface area contributed by atoms with Crippen LogP contribution in [0.5, 0.6) is 0 Å². The molecule has 0 saturated carbocycles. The molecule has 1 aliphatic rings. The second-order valence-corrected chi connectivity index (χ2v) is 5.07. The molecule has 0 spiro atoms. The molecule has 3 N–H and O–H groups in total. The Morgan fingerprint density at radius 2 is 2.35 bits per heavy atom. The van der Waals surface area contributed by atoms with Gasteiger partial charge in [-0.3, -0.25) is 4.79 Å². The van der Waals surface area contributed by atoms with Gasteiger partial charge in [0, 0.05) is 26.7 Å². The van der Waals surface area contributed by atoms with Gasteiger partial charge in [-0.25, -0.2) is 0 Å². The Labute approximate surface area is 104 Å². The van der Waals surface area contributed by atoms with Gasteiger partial charge in [0.1, 0.15) is 6.10 Å². The van der Waals surface area contributed by atoms with E-state index in [2.05, 4.69) is 11.9 Å². The fraction of sp³-hybridized carbons (Fsp3) is 0.917. The minimum absolute atomic E-state index is 0.00462. The molecule has 5 nitrogen and oxygen atoms in total. The highest BCUT2D eigenvalue weighted by molar-refractivity contribution is 5.80. The van der Waals surface area contributed by atoms with E-state index in [4.69, 9.17) is 5.73 Å². The summed E-state index contributed by atoms with van der Waals surface area (Å²) in [4.78, 5) is 15.5. The Balaban J connectivity index is 2.27. The van der Waals surface area contributed by atoms with E-state index in [0.29, 0.717) is 12.5 Å². The summed E-state index contributed by atoms with van der Waals surface area (Å²) in [5, 5.41) is 9.35. The van der Waals surface area contributed by atoms with Crippen molar-refractivity contribution in [1.82, 2.24) is 9.80 Å². The van der Waals surface area contributed by atoms with Gasteiger partial charge in [0.25, 0.3) is 5.91 Å². The lowest BCUT2D eigenvalue weighted by Gasteiger charge is -2.31. The number of carbonyl (C=O) groups is 1. The number of aliphatic hydroxyl groups is 1. The molecule has 5 heteroatoms. The van der Waals surface area contributed by atoms with E-state index in [9.17, 15) is 9.90 Å². The predicted molar refractivity (Wildman–Crippen MR) is 67.5 cm³/mol. The quantitative estimate of drug-likeness (QED) is 0.683. The van der Waals surface area contributed by atoms with Crippen LogP contribution in [0, 0.1) is 5.92 Å². The second kappa shape index (κ2) is 6.93. The number of piperidine rings is 1. The fourth-order valence-corrected chi connectivity index (χ4v) is 2.35. The molecule has 1 aliphatic heterocycles. The van der Waals surface area contributed by atoms with Crippen molar-refractivity contribution in [3.63, 3.8) is 0 Å². The van der Waals surface area contributed by atoms with E-state index in [-0.39, 0.29) is 12.5 Å². The van der Waals surface area contributed by atoms with Crippen molar-refractivity contribution >= 4 is 5.91 Å².